The maximum Gasteiger partial charge on any atom is 0.501 e. The second kappa shape index (κ2) is 18.9. The van der Waals surface area contributed by atoms with Crippen LogP contribution in [0.3, 0.4) is 0 Å². The molecule has 0 spiro atoms. The van der Waals surface area contributed by atoms with Gasteiger partial charge in [0.15, 0.2) is 0 Å². The molecular formula is C18H46ClN3O6Si2. The zero-order valence-electron chi connectivity index (χ0n) is 20.8. The van der Waals surface area contributed by atoms with Crippen LogP contribution >= 0.6 is 11.6 Å². The van der Waals surface area contributed by atoms with E-state index in [-0.39, 0.29) is 0 Å². The predicted octanol–water partition coefficient (Wildman–Crippen LogP) is 1.39. The van der Waals surface area contributed by atoms with Crippen molar-refractivity contribution in [3.05, 3.63) is 0 Å². The molecule has 0 fully saturated rings. The number of hydrogen-bond donors (Lipinski definition) is 0. The van der Waals surface area contributed by atoms with E-state index in [0.717, 1.165) is 44.8 Å². The van der Waals surface area contributed by atoms with Gasteiger partial charge in [0.25, 0.3) is 0 Å². The first-order valence-corrected chi connectivity index (χ1v) is 14.4. The second-order valence-electron chi connectivity index (χ2n) is 7.19. The van der Waals surface area contributed by atoms with Gasteiger partial charge in [-0.05, 0) is 28.2 Å². The summed E-state index contributed by atoms with van der Waals surface area (Å²) in [5, 5.41) is 0. The molecule has 0 aliphatic heterocycles. The molecule has 0 aliphatic carbocycles. The summed E-state index contributed by atoms with van der Waals surface area (Å²) in [5.41, 5.74) is 0. The van der Waals surface area contributed by atoms with Crippen molar-refractivity contribution in [2.24, 2.45) is 0 Å². The van der Waals surface area contributed by atoms with Crippen LogP contribution in [0.25, 0.3) is 0 Å². The fourth-order valence-electron chi connectivity index (χ4n) is 2.51. The molecule has 0 aliphatic rings. The summed E-state index contributed by atoms with van der Waals surface area (Å²) in [6, 6.07) is 1.60. The van der Waals surface area contributed by atoms with Gasteiger partial charge < -0.3 is 41.3 Å². The Morgan fingerprint density at radius 1 is 0.533 bits per heavy atom. The molecule has 0 aromatic carbocycles. The van der Waals surface area contributed by atoms with Gasteiger partial charge in [-0.25, -0.2) is 0 Å². The topological polar surface area (TPSA) is 65.1 Å². The number of alkyl halides is 1. The summed E-state index contributed by atoms with van der Waals surface area (Å²) >= 11 is 5.62. The highest BCUT2D eigenvalue weighted by molar-refractivity contribution is 6.61. The van der Waals surface area contributed by atoms with E-state index >= 15 is 0 Å². The summed E-state index contributed by atoms with van der Waals surface area (Å²) < 4.78 is 32.0. The molecule has 0 saturated carbocycles. The van der Waals surface area contributed by atoms with E-state index in [4.69, 9.17) is 38.2 Å². The summed E-state index contributed by atoms with van der Waals surface area (Å²) in [4.78, 5) is 6.56. The van der Waals surface area contributed by atoms with Crippen LogP contribution in [-0.2, 0) is 26.6 Å². The Kier molecular flexibility index (Phi) is 20.5. The molecule has 0 radical (unpaired) electrons. The Labute approximate surface area is 192 Å². The summed E-state index contributed by atoms with van der Waals surface area (Å²) in [6.45, 7) is 4.75. The molecular weight excluding hydrogens is 446 g/mol. The van der Waals surface area contributed by atoms with Crippen molar-refractivity contribution in [1.29, 1.82) is 0 Å². The molecule has 0 heterocycles. The summed E-state index contributed by atoms with van der Waals surface area (Å²) in [6.07, 6.45) is 0. The molecule has 0 amide bonds. The number of likely N-dealkylation sites (N-methyl/N-ethyl adjacent to an activating group) is 2. The molecule has 0 bridgehead atoms. The Morgan fingerprint density at radius 3 is 1.13 bits per heavy atom. The van der Waals surface area contributed by atoms with Crippen molar-refractivity contribution in [2.75, 3.05) is 109 Å². The second-order valence-corrected chi connectivity index (χ2v) is 13.7. The highest BCUT2D eigenvalue weighted by atomic mass is 35.5. The Bertz CT molecular complexity index is 378. The highest BCUT2D eigenvalue weighted by Gasteiger charge is 2.38. The van der Waals surface area contributed by atoms with Crippen LogP contribution in [0.5, 0.6) is 0 Å². The summed E-state index contributed by atoms with van der Waals surface area (Å²) in [5.74, 6) is 0.637. The number of rotatable bonds is 17. The van der Waals surface area contributed by atoms with Gasteiger partial charge in [-0.15, -0.1) is 11.6 Å². The van der Waals surface area contributed by atoms with E-state index in [9.17, 15) is 0 Å². The monoisotopic (exact) mass is 491 g/mol. The first-order chi connectivity index (χ1) is 14.1. The number of hydrogen-bond acceptors (Lipinski definition) is 9. The van der Waals surface area contributed by atoms with E-state index in [2.05, 4.69) is 35.8 Å². The third-order valence-electron chi connectivity index (χ3n) is 4.86. The largest absolute Gasteiger partial charge is 0.501 e. The van der Waals surface area contributed by atoms with Crippen molar-refractivity contribution in [3.8, 4) is 0 Å². The van der Waals surface area contributed by atoms with E-state index in [1.807, 2.05) is 7.05 Å². The van der Waals surface area contributed by atoms with Gasteiger partial charge in [0.2, 0.25) is 0 Å². The first-order valence-electron chi connectivity index (χ1n) is 10.0. The average Bonchev–Trinajstić information content (AvgIpc) is 2.75. The molecule has 0 N–H and O–H groups in total. The SMILES string of the molecule is CO[Si](CCN(C)CCCl)(OC)OC.CO[Si](CCN(C)CCN(C)C)(OC)OC. The van der Waals surface area contributed by atoms with Crippen LogP contribution < -0.4 is 0 Å². The van der Waals surface area contributed by atoms with Crippen molar-refractivity contribution in [3.63, 3.8) is 0 Å². The van der Waals surface area contributed by atoms with Crippen molar-refractivity contribution < 1.29 is 26.6 Å². The highest BCUT2D eigenvalue weighted by Crippen LogP contribution is 2.13. The van der Waals surface area contributed by atoms with Crippen LogP contribution in [0, 0.1) is 0 Å². The Balaban J connectivity index is 0. The minimum absolute atomic E-state index is 0.637. The minimum Gasteiger partial charge on any atom is -0.377 e. The van der Waals surface area contributed by atoms with Crippen LogP contribution in [0.1, 0.15) is 0 Å². The molecule has 12 heteroatoms. The van der Waals surface area contributed by atoms with Gasteiger partial charge in [-0.1, -0.05) is 0 Å². The first kappa shape index (κ1) is 32.5. The lowest BCUT2D eigenvalue weighted by atomic mass is 10.5. The van der Waals surface area contributed by atoms with E-state index in [1.54, 1.807) is 42.7 Å². The normalized spacial score (nSPS) is 12.6. The van der Waals surface area contributed by atoms with Crippen molar-refractivity contribution in [2.45, 2.75) is 12.1 Å². The Morgan fingerprint density at radius 2 is 0.867 bits per heavy atom. The van der Waals surface area contributed by atoms with Crippen LogP contribution in [0.2, 0.25) is 12.1 Å². The van der Waals surface area contributed by atoms with Gasteiger partial charge >= 0.3 is 17.6 Å². The lowest BCUT2D eigenvalue weighted by Crippen LogP contribution is -2.45. The van der Waals surface area contributed by atoms with Gasteiger partial charge in [0, 0.05) is 93.4 Å². The fourth-order valence-corrected chi connectivity index (χ4v) is 6.33. The third-order valence-corrected chi connectivity index (χ3v) is 10.4. The van der Waals surface area contributed by atoms with Crippen molar-refractivity contribution >= 4 is 29.2 Å². The number of halogens is 1. The van der Waals surface area contributed by atoms with Crippen LogP contribution in [0.4, 0.5) is 0 Å². The zero-order chi connectivity index (χ0) is 23.6. The zero-order valence-corrected chi connectivity index (χ0v) is 23.6. The lowest BCUT2D eigenvalue weighted by Gasteiger charge is -2.27. The minimum atomic E-state index is -2.39. The molecule has 0 aromatic heterocycles. The maximum atomic E-state index is 5.62. The average molecular weight is 492 g/mol. The van der Waals surface area contributed by atoms with Gasteiger partial charge in [-0.3, -0.25) is 0 Å². The quantitative estimate of drug-likeness (QED) is 0.222. The van der Waals surface area contributed by atoms with E-state index in [0.29, 0.717) is 5.88 Å². The molecule has 0 unspecified atom stereocenters. The predicted molar refractivity (Wildman–Crippen MR) is 127 cm³/mol. The standard InChI is InChI=1S/C10H26N2O3Si.C8H20ClNO3Si/c1-11(2)7-8-12(3)9-10-16(13-4,14-5)15-6;1-10(6-5-9)7-8-14(11-2,12-3)13-4/h7-10H2,1-6H3;5-8H2,1-4H3. The fraction of sp³-hybridized carbons (Fsp3) is 1.00. The third kappa shape index (κ3) is 14.4. The molecule has 30 heavy (non-hydrogen) atoms. The molecule has 9 nitrogen and oxygen atoms in total. The lowest BCUT2D eigenvalue weighted by molar-refractivity contribution is 0.119. The van der Waals surface area contributed by atoms with Crippen molar-refractivity contribution in [1.82, 2.24) is 14.7 Å². The van der Waals surface area contributed by atoms with Gasteiger partial charge in [0.05, 0.1) is 0 Å². The Hall–Kier alpha value is 0.364. The molecule has 0 saturated heterocycles. The van der Waals surface area contributed by atoms with Crippen LogP contribution in [-0.4, -0.2) is 142 Å². The molecule has 0 aromatic rings. The maximum absolute atomic E-state index is 5.62. The molecule has 0 atom stereocenters. The molecule has 184 valence electrons. The number of nitrogens with zero attached hydrogens (tertiary/aromatic N) is 3. The summed E-state index contributed by atoms with van der Waals surface area (Å²) in [7, 11) is 13.3. The van der Waals surface area contributed by atoms with Crippen LogP contribution in [0.15, 0.2) is 0 Å². The van der Waals surface area contributed by atoms with E-state index in [1.165, 1.54) is 0 Å². The molecule has 0 rings (SSSR count). The van der Waals surface area contributed by atoms with E-state index < -0.39 is 17.6 Å². The van der Waals surface area contributed by atoms with Gasteiger partial charge in [-0.2, -0.15) is 0 Å². The van der Waals surface area contributed by atoms with Gasteiger partial charge in [0.1, 0.15) is 0 Å². The smallest absolute Gasteiger partial charge is 0.377 e.